The quantitative estimate of drug-likeness (QED) is 0.599. The number of hydrogen-bond acceptors (Lipinski definition) is 5. The summed E-state index contributed by atoms with van der Waals surface area (Å²) in [6.07, 6.45) is 2.67. The summed E-state index contributed by atoms with van der Waals surface area (Å²) in [6, 6.07) is 9.28. The number of carbonyl (C=O) groups excluding carboxylic acids is 1. The van der Waals surface area contributed by atoms with Gasteiger partial charge in [-0.3, -0.25) is 9.59 Å². The van der Waals surface area contributed by atoms with Gasteiger partial charge in [0.15, 0.2) is 5.65 Å². The number of amides is 1. The minimum absolute atomic E-state index is 0.244. The molecule has 0 unspecified atom stereocenters. The maximum Gasteiger partial charge on any atom is 0.260 e. The molecule has 124 valence electrons. The van der Waals surface area contributed by atoms with E-state index in [1.165, 1.54) is 18.6 Å². The van der Waals surface area contributed by atoms with Crippen molar-refractivity contribution in [1.82, 2.24) is 20.3 Å². The summed E-state index contributed by atoms with van der Waals surface area (Å²) in [6.45, 7) is 2.26. The van der Waals surface area contributed by atoms with Crippen molar-refractivity contribution in [2.24, 2.45) is 0 Å². The van der Waals surface area contributed by atoms with Gasteiger partial charge in [0.05, 0.1) is 23.8 Å². The second-order valence-corrected chi connectivity index (χ2v) is 5.76. The van der Waals surface area contributed by atoms with Crippen molar-refractivity contribution in [3.8, 4) is 0 Å². The molecule has 25 heavy (non-hydrogen) atoms. The maximum absolute atomic E-state index is 12.3. The van der Waals surface area contributed by atoms with Gasteiger partial charge in [0.2, 0.25) is 0 Å². The minimum atomic E-state index is -0.339. The van der Waals surface area contributed by atoms with E-state index >= 15 is 0 Å². The number of hydrogen-bond donors (Lipinski definition) is 2. The minimum Gasteiger partial charge on any atom is -0.459 e. The molecule has 0 saturated carbocycles. The number of nitrogens with zero attached hydrogens (tertiary/aromatic N) is 2. The van der Waals surface area contributed by atoms with E-state index in [0.717, 1.165) is 16.5 Å². The molecule has 4 aromatic rings. The van der Waals surface area contributed by atoms with Crippen LogP contribution in [0.2, 0.25) is 0 Å². The van der Waals surface area contributed by atoms with Crippen LogP contribution in [0.4, 0.5) is 0 Å². The van der Waals surface area contributed by atoms with Crippen LogP contribution in [0, 0.1) is 6.92 Å². The Bertz CT molecular complexity index is 1160. The van der Waals surface area contributed by atoms with Gasteiger partial charge < -0.3 is 14.7 Å². The van der Waals surface area contributed by atoms with Crippen LogP contribution >= 0.6 is 0 Å². The zero-order valence-corrected chi connectivity index (χ0v) is 13.4. The Kier molecular flexibility index (Phi) is 3.53. The number of furan rings is 1. The van der Waals surface area contributed by atoms with E-state index in [0.29, 0.717) is 11.4 Å². The van der Waals surface area contributed by atoms with Gasteiger partial charge in [-0.15, -0.1) is 0 Å². The normalized spacial score (nSPS) is 11.1. The van der Waals surface area contributed by atoms with Crippen molar-refractivity contribution in [3.63, 3.8) is 0 Å². The first-order valence-corrected chi connectivity index (χ1v) is 7.71. The monoisotopic (exact) mass is 334 g/mol. The van der Waals surface area contributed by atoms with Gasteiger partial charge in [-0.2, -0.15) is 0 Å². The molecule has 0 radical (unpaired) electrons. The zero-order chi connectivity index (χ0) is 17.4. The number of fused-ring (bicyclic) bond motifs is 2. The second kappa shape index (κ2) is 5.86. The fraction of sp³-hybridized carbons (Fsp3) is 0.111. The first kappa shape index (κ1) is 15.1. The Hall–Kier alpha value is -3.48. The summed E-state index contributed by atoms with van der Waals surface area (Å²) >= 11 is 0. The predicted octanol–water partition coefficient (Wildman–Crippen LogP) is 2.30. The van der Waals surface area contributed by atoms with E-state index in [-0.39, 0.29) is 29.0 Å². The van der Waals surface area contributed by atoms with E-state index in [2.05, 4.69) is 20.3 Å². The second-order valence-electron chi connectivity index (χ2n) is 5.76. The number of H-pyrrole nitrogens is 1. The van der Waals surface area contributed by atoms with E-state index in [1.54, 1.807) is 0 Å². The van der Waals surface area contributed by atoms with Crippen LogP contribution in [0.25, 0.3) is 22.0 Å². The Labute approximate surface area is 141 Å². The molecule has 7 nitrogen and oxygen atoms in total. The number of carbonyl (C=O) groups is 1. The predicted molar refractivity (Wildman–Crippen MR) is 92.3 cm³/mol. The van der Waals surface area contributed by atoms with Crippen molar-refractivity contribution < 1.29 is 9.21 Å². The number of aromatic nitrogens is 3. The third-order valence-electron chi connectivity index (χ3n) is 3.90. The number of aryl methyl sites for hydroxylation is 1. The molecule has 0 saturated heterocycles. The fourth-order valence-electron chi connectivity index (χ4n) is 2.66. The molecule has 4 rings (SSSR count). The number of benzene rings is 1. The van der Waals surface area contributed by atoms with E-state index in [9.17, 15) is 9.59 Å². The van der Waals surface area contributed by atoms with Gasteiger partial charge in [-0.25, -0.2) is 9.97 Å². The topological polar surface area (TPSA) is 101 Å². The van der Waals surface area contributed by atoms with Crippen LogP contribution in [0.3, 0.4) is 0 Å². The Morgan fingerprint density at radius 3 is 3.00 bits per heavy atom. The van der Waals surface area contributed by atoms with Gasteiger partial charge in [-0.1, -0.05) is 11.6 Å². The molecule has 1 amide bonds. The van der Waals surface area contributed by atoms with Gasteiger partial charge >= 0.3 is 0 Å². The summed E-state index contributed by atoms with van der Waals surface area (Å²) in [5, 5.41) is 4.04. The molecule has 3 aromatic heterocycles. The average molecular weight is 334 g/mol. The number of pyridine rings is 1. The van der Waals surface area contributed by atoms with Gasteiger partial charge in [0.1, 0.15) is 11.3 Å². The molecule has 7 heteroatoms. The zero-order valence-electron chi connectivity index (χ0n) is 13.4. The highest BCUT2D eigenvalue weighted by Gasteiger charge is 2.11. The summed E-state index contributed by atoms with van der Waals surface area (Å²) in [7, 11) is 0. The molecule has 1 aromatic carbocycles. The SMILES string of the molecule is Cc1ccc2oc(CNC(=O)c3cnc4nc[nH]c(=O)c4c3)cc2c1. The molecule has 0 aliphatic heterocycles. The molecule has 0 atom stereocenters. The highest BCUT2D eigenvalue weighted by Crippen LogP contribution is 2.20. The first-order valence-electron chi connectivity index (χ1n) is 7.71. The van der Waals surface area contributed by atoms with Crippen molar-refractivity contribution in [2.75, 3.05) is 0 Å². The molecule has 0 aliphatic rings. The average Bonchev–Trinajstić information content (AvgIpc) is 3.01. The summed E-state index contributed by atoms with van der Waals surface area (Å²) in [5.74, 6) is 0.316. The highest BCUT2D eigenvalue weighted by atomic mass is 16.3. The van der Waals surface area contributed by atoms with Crippen LogP contribution in [0.5, 0.6) is 0 Å². The molecule has 0 fully saturated rings. The molecule has 0 spiro atoms. The van der Waals surface area contributed by atoms with Crippen LogP contribution in [0.1, 0.15) is 21.7 Å². The van der Waals surface area contributed by atoms with Crippen LogP contribution in [-0.2, 0) is 6.54 Å². The van der Waals surface area contributed by atoms with Crippen LogP contribution in [-0.4, -0.2) is 20.9 Å². The molecule has 0 bridgehead atoms. The Morgan fingerprint density at radius 1 is 1.24 bits per heavy atom. The maximum atomic E-state index is 12.3. The third kappa shape index (κ3) is 2.87. The van der Waals surface area contributed by atoms with Crippen molar-refractivity contribution in [2.45, 2.75) is 13.5 Å². The Balaban J connectivity index is 1.55. The van der Waals surface area contributed by atoms with Gasteiger partial charge in [-0.05, 0) is 31.2 Å². The number of rotatable bonds is 3. The third-order valence-corrected chi connectivity index (χ3v) is 3.90. The van der Waals surface area contributed by atoms with Crippen molar-refractivity contribution in [1.29, 1.82) is 0 Å². The lowest BCUT2D eigenvalue weighted by Gasteiger charge is -2.03. The van der Waals surface area contributed by atoms with Crippen molar-refractivity contribution >= 4 is 27.9 Å². The van der Waals surface area contributed by atoms with Gasteiger partial charge in [0.25, 0.3) is 11.5 Å². The smallest absolute Gasteiger partial charge is 0.260 e. The molecule has 0 aliphatic carbocycles. The van der Waals surface area contributed by atoms with Crippen LogP contribution in [0.15, 0.2) is 52.1 Å². The standard InChI is InChI=1S/C18H14N4O3/c1-10-2-3-15-11(4-10)5-13(25-15)8-20-17(23)12-6-14-16(19-7-12)21-9-22-18(14)24/h2-7,9H,8H2,1H3,(H,20,23)(H,19,21,22,24). The summed E-state index contributed by atoms with van der Waals surface area (Å²) < 4.78 is 5.70. The van der Waals surface area contributed by atoms with E-state index in [1.807, 2.05) is 31.2 Å². The van der Waals surface area contributed by atoms with E-state index in [4.69, 9.17) is 4.42 Å². The molecular formula is C18H14N4O3. The lowest BCUT2D eigenvalue weighted by Crippen LogP contribution is -2.23. The highest BCUT2D eigenvalue weighted by molar-refractivity contribution is 5.96. The fourth-order valence-corrected chi connectivity index (χ4v) is 2.66. The molecule has 3 heterocycles. The van der Waals surface area contributed by atoms with Crippen molar-refractivity contribution in [3.05, 3.63) is 70.1 Å². The number of aromatic amines is 1. The summed E-state index contributed by atoms with van der Waals surface area (Å²) in [4.78, 5) is 34.6. The molecular weight excluding hydrogens is 320 g/mol. The number of nitrogens with one attached hydrogen (secondary N) is 2. The van der Waals surface area contributed by atoms with Crippen LogP contribution < -0.4 is 10.9 Å². The largest absolute Gasteiger partial charge is 0.459 e. The van der Waals surface area contributed by atoms with E-state index < -0.39 is 0 Å². The lowest BCUT2D eigenvalue weighted by molar-refractivity contribution is 0.0948. The molecule has 2 N–H and O–H groups in total. The first-order chi connectivity index (χ1) is 12.1. The van der Waals surface area contributed by atoms with Gasteiger partial charge in [0, 0.05) is 11.6 Å². The lowest BCUT2D eigenvalue weighted by atomic mass is 10.2. The summed E-state index contributed by atoms with van der Waals surface area (Å²) in [5.41, 5.74) is 2.18. The Morgan fingerprint density at radius 2 is 2.12 bits per heavy atom.